The summed E-state index contributed by atoms with van der Waals surface area (Å²) in [7, 11) is 0. The summed E-state index contributed by atoms with van der Waals surface area (Å²) in [6.07, 6.45) is 0. The summed E-state index contributed by atoms with van der Waals surface area (Å²) in [6, 6.07) is 20.1. The normalized spacial score (nSPS) is 9.90. The molecule has 0 saturated carbocycles. The lowest BCUT2D eigenvalue weighted by molar-refractivity contribution is -0.159. The second-order valence-corrected chi connectivity index (χ2v) is 6.01. The molecule has 0 bridgehead atoms. The first-order valence-corrected chi connectivity index (χ1v) is 9.21. The third-order valence-corrected chi connectivity index (χ3v) is 3.96. The number of carboxylic acid groups (broad SMARTS) is 2. The minimum atomic E-state index is -1.82. The fraction of sp³-hybridized carbons (Fsp3) is 0.286. The van der Waals surface area contributed by atoms with Crippen LogP contribution in [-0.2, 0) is 20.9 Å². The van der Waals surface area contributed by atoms with Crippen LogP contribution < -0.4 is 10.4 Å². The number of hydrazine groups is 1. The molecule has 8 heteroatoms. The van der Waals surface area contributed by atoms with E-state index in [0.29, 0.717) is 13.1 Å². The second kappa shape index (κ2) is 12.9. The summed E-state index contributed by atoms with van der Waals surface area (Å²) in [6.45, 7) is 6.91. The second-order valence-electron chi connectivity index (χ2n) is 6.01. The maximum Gasteiger partial charge on any atom is 0.414 e. The molecule has 2 aromatic rings. The summed E-state index contributed by atoms with van der Waals surface area (Å²) >= 11 is 0. The van der Waals surface area contributed by atoms with E-state index in [9.17, 15) is 4.79 Å². The van der Waals surface area contributed by atoms with Gasteiger partial charge in [0, 0.05) is 0 Å². The molecule has 2 aromatic carbocycles. The first-order valence-electron chi connectivity index (χ1n) is 9.21. The van der Waals surface area contributed by atoms with Crippen LogP contribution in [0.4, 0.5) is 5.69 Å². The van der Waals surface area contributed by atoms with Gasteiger partial charge in [0.25, 0.3) is 5.91 Å². The van der Waals surface area contributed by atoms with Gasteiger partial charge in [-0.1, -0.05) is 62.4 Å². The summed E-state index contributed by atoms with van der Waals surface area (Å²) < 4.78 is 0. The van der Waals surface area contributed by atoms with Crippen LogP contribution in [0.25, 0.3) is 0 Å². The number of likely N-dealkylation sites (N-methyl/N-ethyl adjacent to an activating group) is 1. The Balaban J connectivity index is 0.000000612. The molecule has 0 unspecified atom stereocenters. The van der Waals surface area contributed by atoms with Crippen molar-refractivity contribution in [2.24, 2.45) is 0 Å². The van der Waals surface area contributed by atoms with Gasteiger partial charge in [-0.3, -0.25) is 20.1 Å². The number of rotatable bonds is 8. The fourth-order valence-electron chi connectivity index (χ4n) is 2.41. The maximum absolute atomic E-state index is 12.4. The highest BCUT2D eigenvalue weighted by molar-refractivity contribution is 6.27. The third-order valence-electron chi connectivity index (χ3n) is 3.96. The average molecular weight is 401 g/mol. The zero-order chi connectivity index (χ0) is 21.6. The summed E-state index contributed by atoms with van der Waals surface area (Å²) in [5, 5.41) is 16.7. The summed E-state index contributed by atoms with van der Waals surface area (Å²) in [5.74, 6) is -3.64. The Kier molecular flexibility index (Phi) is 10.5. The van der Waals surface area contributed by atoms with Crippen LogP contribution >= 0.6 is 0 Å². The molecule has 0 spiro atoms. The Morgan fingerprint density at radius 1 is 0.828 bits per heavy atom. The molecule has 0 saturated heterocycles. The van der Waals surface area contributed by atoms with Crippen LogP contribution in [-0.4, -0.2) is 52.6 Å². The number of amides is 1. The molecule has 1 amide bonds. The minimum absolute atomic E-state index is 0.00786. The van der Waals surface area contributed by atoms with Gasteiger partial charge in [-0.2, -0.15) is 0 Å². The van der Waals surface area contributed by atoms with Crippen LogP contribution in [0.2, 0.25) is 0 Å². The van der Waals surface area contributed by atoms with E-state index in [1.807, 2.05) is 53.5 Å². The lowest BCUT2D eigenvalue weighted by atomic mass is 10.2. The molecule has 3 N–H and O–H groups in total. The fourth-order valence-corrected chi connectivity index (χ4v) is 2.41. The number of nitrogens with zero attached hydrogens (tertiary/aromatic N) is 2. The highest BCUT2D eigenvalue weighted by atomic mass is 16.4. The molecule has 0 atom stereocenters. The van der Waals surface area contributed by atoms with Gasteiger partial charge in [-0.15, -0.1) is 0 Å². The van der Waals surface area contributed by atoms with Crippen LogP contribution in [0.3, 0.4) is 0 Å². The molecule has 0 aliphatic carbocycles. The monoisotopic (exact) mass is 401 g/mol. The molecule has 0 fully saturated rings. The number of hydrogen-bond acceptors (Lipinski definition) is 5. The van der Waals surface area contributed by atoms with Crippen molar-refractivity contribution in [1.82, 2.24) is 10.3 Å². The van der Waals surface area contributed by atoms with E-state index in [1.54, 1.807) is 0 Å². The van der Waals surface area contributed by atoms with Crippen molar-refractivity contribution in [2.45, 2.75) is 20.4 Å². The summed E-state index contributed by atoms with van der Waals surface area (Å²) in [4.78, 5) is 32.6. The number of hydrogen-bond donors (Lipinski definition) is 3. The summed E-state index contributed by atoms with van der Waals surface area (Å²) in [5.41, 5.74) is 5.16. The molecular weight excluding hydrogens is 374 g/mol. The van der Waals surface area contributed by atoms with Crippen molar-refractivity contribution < 1.29 is 24.6 Å². The Morgan fingerprint density at radius 3 is 1.76 bits per heavy atom. The Morgan fingerprint density at radius 2 is 1.31 bits per heavy atom. The lowest BCUT2D eigenvalue weighted by Crippen LogP contribution is -2.46. The number of benzene rings is 2. The van der Waals surface area contributed by atoms with Crippen LogP contribution in [0.15, 0.2) is 60.7 Å². The van der Waals surface area contributed by atoms with Gasteiger partial charge in [0.1, 0.15) is 0 Å². The van der Waals surface area contributed by atoms with E-state index in [0.717, 1.165) is 24.3 Å². The molecule has 2 rings (SSSR count). The average Bonchev–Trinajstić information content (AvgIpc) is 2.73. The maximum atomic E-state index is 12.4. The van der Waals surface area contributed by atoms with E-state index in [-0.39, 0.29) is 5.91 Å². The van der Waals surface area contributed by atoms with Gasteiger partial charge in [-0.25, -0.2) is 9.59 Å². The first kappa shape index (κ1) is 23.6. The van der Waals surface area contributed by atoms with E-state index < -0.39 is 11.9 Å². The van der Waals surface area contributed by atoms with Crippen molar-refractivity contribution in [3.8, 4) is 0 Å². The van der Waals surface area contributed by atoms with Gasteiger partial charge in [0.05, 0.1) is 18.8 Å². The number of anilines is 1. The van der Waals surface area contributed by atoms with Crippen molar-refractivity contribution >= 4 is 23.5 Å². The lowest BCUT2D eigenvalue weighted by Gasteiger charge is -2.27. The molecule has 0 aromatic heterocycles. The Hall–Kier alpha value is -3.39. The minimum Gasteiger partial charge on any atom is -0.473 e. The Labute approximate surface area is 170 Å². The van der Waals surface area contributed by atoms with E-state index in [4.69, 9.17) is 19.8 Å². The molecule has 0 aliphatic heterocycles. The molecule has 0 aliphatic rings. The number of aliphatic carboxylic acids is 2. The molecule has 0 heterocycles. The zero-order valence-electron chi connectivity index (χ0n) is 16.6. The highest BCUT2D eigenvalue weighted by Gasteiger charge is 2.13. The van der Waals surface area contributed by atoms with Crippen molar-refractivity contribution in [3.05, 3.63) is 66.2 Å². The third kappa shape index (κ3) is 9.39. The standard InChI is InChI=1S/C19H25N3O.C2H2O4/c1-3-21(4-2)16-19(23)20-22(18-13-9-6-10-14-18)15-17-11-7-5-8-12-17;3-1(4)2(5)6/h5-14H,3-4,15-16H2,1-2H3,(H,20,23);(H,3,4)(H,5,6). The van der Waals surface area contributed by atoms with Crippen LogP contribution in [0.1, 0.15) is 19.4 Å². The van der Waals surface area contributed by atoms with Crippen molar-refractivity contribution in [3.63, 3.8) is 0 Å². The number of carboxylic acids is 2. The molecule has 29 heavy (non-hydrogen) atoms. The molecule has 0 radical (unpaired) electrons. The predicted octanol–water partition coefficient (Wildman–Crippen LogP) is 2.22. The van der Waals surface area contributed by atoms with Crippen molar-refractivity contribution in [1.29, 1.82) is 0 Å². The number of para-hydroxylation sites is 1. The van der Waals surface area contributed by atoms with Crippen LogP contribution in [0.5, 0.6) is 0 Å². The van der Waals surface area contributed by atoms with Gasteiger partial charge in [0.2, 0.25) is 0 Å². The largest absolute Gasteiger partial charge is 0.473 e. The van der Waals surface area contributed by atoms with Gasteiger partial charge >= 0.3 is 11.9 Å². The smallest absolute Gasteiger partial charge is 0.414 e. The zero-order valence-corrected chi connectivity index (χ0v) is 16.6. The SMILES string of the molecule is CCN(CC)CC(=O)NN(Cc1ccccc1)c1ccccc1.O=C(O)C(=O)O. The highest BCUT2D eigenvalue weighted by Crippen LogP contribution is 2.14. The van der Waals surface area contributed by atoms with E-state index >= 15 is 0 Å². The van der Waals surface area contributed by atoms with E-state index in [1.165, 1.54) is 0 Å². The quantitative estimate of drug-likeness (QED) is 0.459. The van der Waals surface area contributed by atoms with Crippen molar-refractivity contribution in [2.75, 3.05) is 24.6 Å². The predicted molar refractivity (Wildman–Crippen MR) is 110 cm³/mol. The van der Waals surface area contributed by atoms with Gasteiger partial charge in [0.15, 0.2) is 0 Å². The number of nitrogens with one attached hydrogen (secondary N) is 1. The molecular formula is C21H27N3O5. The number of carbonyl (C=O) groups is 3. The number of carbonyl (C=O) groups excluding carboxylic acids is 1. The molecule has 8 nitrogen and oxygen atoms in total. The van der Waals surface area contributed by atoms with Gasteiger partial charge in [-0.05, 0) is 30.8 Å². The Bertz CT molecular complexity index is 752. The molecule has 156 valence electrons. The topological polar surface area (TPSA) is 110 Å². The van der Waals surface area contributed by atoms with Gasteiger partial charge < -0.3 is 10.2 Å². The first-order chi connectivity index (χ1) is 13.9. The van der Waals surface area contributed by atoms with E-state index in [2.05, 4.69) is 36.3 Å². The van der Waals surface area contributed by atoms with Crippen LogP contribution in [0, 0.1) is 0 Å².